The van der Waals surface area contributed by atoms with Crippen LogP contribution in [0.1, 0.15) is 44.6 Å². The van der Waals surface area contributed by atoms with Gasteiger partial charge in [-0.25, -0.2) is 4.79 Å². The van der Waals surface area contributed by atoms with Gasteiger partial charge in [-0.2, -0.15) is 0 Å². The molecule has 3 atom stereocenters. The van der Waals surface area contributed by atoms with Gasteiger partial charge in [0.25, 0.3) is 0 Å². The van der Waals surface area contributed by atoms with Crippen molar-refractivity contribution in [2.24, 2.45) is 11.8 Å². The first kappa shape index (κ1) is 16.5. The first-order valence-electron chi connectivity index (χ1n) is 7.90. The van der Waals surface area contributed by atoms with Gasteiger partial charge in [-0.3, -0.25) is 9.78 Å². The van der Waals surface area contributed by atoms with Crippen molar-refractivity contribution in [3.63, 3.8) is 0 Å². The highest BCUT2D eigenvalue weighted by atomic mass is 16.5. The van der Waals surface area contributed by atoms with Gasteiger partial charge in [0.15, 0.2) is 0 Å². The summed E-state index contributed by atoms with van der Waals surface area (Å²) in [5.74, 6) is -0.164. The van der Waals surface area contributed by atoms with E-state index >= 15 is 0 Å². The Hall–Kier alpha value is -1.91. The van der Waals surface area contributed by atoms with E-state index in [1.54, 1.807) is 12.4 Å². The minimum Gasteiger partial charge on any atom is -0.467 e. The number of amides is 1. The molecule has 0 saturated heterocycles. The standard InChI is InChI=1S/C17H24N2O3/c1-4-11(5-2)15(17(21)22-3)19-16(20)14-9-13(14)12-7-6-8-18-10-12/h6-8,10-11,13-15H,4-5,9H2,1-3H3,(H,19,20)/t13-,14+,15-/m0/s1. The number of nitrogens with one attached hydrogen (secondary N) is 1. The summed E-state index contributed by atoms with van der Waals surface area (Å²) in [5.41, 5.74) is 1.08. The van der Waals surface area contributed by atoms with E-state index < -0.39 is 6.04 Å². The van der Waals surface area contributed by atoms with Gasteiger partial charge in [0, 0.05) is 18.3 Å². The smallest absolute Gasteiger partial charge is 0.328 e. The van der Waals surface area contributed by atoms with E-state index in [0.717, 1.165) is 24.8 Å². The number of pyridine rings is 1. The normalized spacial score (nSPS) is 21.3. The molecular formula is C17H24N2O3. The predicted molar refractivity (Wildman–Crippen MR) is 83.1 cm³/mol. The molecule has 1 amide bonds. The molecule has 1 saturated carbocycles. The fourth-order valence-electron chi connectivity index (χ4n) is 2.97. The maximum absolute atomic E-state index is 12.4. The number of hydrogen-bond donors (Lipinski definition) is 1. The Kier molecular flexibility index (Phi) is 5.52. The van der Waals surface area contributed by atoms with Crippen molar-refractivity contribution in [3.05, 3.63) is 30.1 Å². The number of esters is 1. The van der Waals surface area contributed by atoms with Crippen molar-refractivity contribution in [1.29, 1.82) is 0 Å². The predicted octanol–water partition coefficient (Wildman–Crippen LogP) is 2.28. The Morgan fingerprint density at radius 1 is 1.41 bits per heavy atom. The average molecular weight is 304 g/mol. The van der Waals surface area contributed by atoms with E-state index in [-0.39, 0.29) is 29.6 Å². The molecule has 1 fully saturated rings. The van der Waals surface area contributed by atoms with Gasteiger partial charge < -0.3 is 10.1 Å². The molecule has 2 rings (SSSR count). The molecule has 0 radical (unpaired) electrons. The number of ether oxygens (including phenoxy) is 1. The van der Waals surface area contributed by atoms with Crippen molar-refractivity contribution >= 4 is 11.9 Å². The lowest BCUT2D eigenvalue weighted by atomic mass is 9.94. The second-order valence-corrected chi connectivity index (χ2v) is 5.82. The van der Waals surface area contributed by atoms with Gasteiger partial charge in [-0.15, -0.1) is 0 Å². The third-order valence-electron chi connectivity index (χ3n) is 4.51. The van der Waals surface area contributed by atoms with Crippen LogP contribution in [0.25, 0.3) is 0 Å². The third kappa shape index (κ3) is 3.64. The number of rotatable bonds is 7. The molecule has 22 heavy (non-hydrogen) atoms. The molecule has 120 valence electrons. The van der Waals surface area contributed by atoms with E-state index in [1.807, 2.05) is 26.0 Å². The summed E-state index contributed by atoms with van der Waals surface area (Å²) in [6.07, 6.45) is 5.99. The molecule has 5 nitrogen and oxygen atoms in total. The maximum Gasteiger partial charge on any atom is 0.328 e. The van der Waals surface area contributed by atoms with Crippen molar-refractivity contribution in [1.82, 2.24) is 10.3 Å². The fraction of sp³-hybridized carbons (Fsp3) is 0.588. The number of carbonyl (C=O) groups excluding carboxylic acids is 2. The lowest BCUT2D eigenvalue weighted by molar-refractivity contribution is -0.147. The number of aromatic nitrogens is 1. The Balaban J connectivity index is 1.99. The van der Waals surface area contributed by atoms with E-state index in [1.165, 1.54) is 7.11 Å². The highest BCUT2D eigenvalue weighted by molar-refractivity contribution is 5.88. The highest BCUT2D eigenvalue weighted by Gasteiger charge is 2.45. The Bertz CT molecular complexity index is 514. The van der Waals surface area contributed by atoms with Gasteiger partial charge >= 0.3 is 5.97 Å². The van der Waals surface area contributed by atoms with Crippen LogP contribution in [0.3, 0.4) is 0 Å². The second kappa shape index (κ2) is 7.38. The number of methoxy groups -OCH3 is 1. The zero-order valence-corrected chi connectivity index (χ0v) is 13.4. The van der Waals surface area contributed by atoms with E-state index in [2.05, 4.69) is 10.3 Å². The quantitative estimate of drug-likeness (QED) is 0.785. The number of nitrogens with zero attached hydrogens (tertiary/aromatic N) is 1. The van der Waals surface area contributed by atoms with Crippen molar-refractivity contribution in [2.75, 3.05) is 7.11 Å². The molecule has 0 spiro atoms. The van der Waals surface area contributed by atoms with Gasteiger partial charge in [0.1, 0.15) is 6.04 Å². The largest absolute Gasteiger partial charge is 0.467 e. The molecule has 1 aliphatic rings. The lowest BCUT2D eigenvalue weighted by Gasteiger charge is -2.24. The summed E-state index contributed by atoms with van der Waals surface area (Å²) in [4.78, 5) is 28.5. The van der Waals surface area contributed by atoms with E-state index in [0.29, 0.717) is 0 Å². The Morgan fingerprint density at radius 3 is 2.68 bits per heavy atom. The van der Waals surface area contributed by atoms with Crippen molar-refractivity contribution in [3.8, 4) is 0 Å². The molecule has 0 bridgehead atoms. The molecule has 1 heterocycles. The van der Waals surface area contributed by atoms with E-state index in [4.69, 9.17) is 4.74 Å². The van der Waals surface area contributed by atoms with Crippen LogP contribution >= 0.6 is 0 Å². The van der Waals surface area contributed by atoms with Crippen LogP contribution in [0.4, 0.5) is 0 Å². The van der Waals surface area contributed by atoms with Gasteiger partial charge in [-0.1, -0.05) is 32.8 Å². The van der Waals surface area contributed by atoms with Crippen LogP contribution in [-0.2, 0) is 14.3 Å². The van der Waals surface area contributed by atoms with Gasteiger partial charge in [0.2, 0.25) is 5.91 Å². The molecule has 5 heteroatoms. The van der Waals surface area contributed by atoms with Crippen LogP contribution in [0.2, 0.25) is 0 Å². The average Bonchev–Trinajstić information content (AvgIpc) is 3.35. The molecule has 0 unspecified atom stereocenters. The van der Waals surface area contributed by atoms with Crippen LogP contribution < -0.4 is 5.32 Å². The zero-order valence-electron chi connectivity index (χ0n) is 13.4. The van der Waals surface area contributed by atoms with Gasteiger partial charge in [0.05, 0.1) is 7.11 Å². The monoisotopic (exact) mass is 304 g/mol. The van der Waals surface area contributed by atoms with Crippen molar-refractivity contribution < 1.29 is 14.3 Å². The fourth-order valence-corrected chi connectivity index (χ4v) is 2.97. The zero-order chi connectivity index (χ0) is 16.1. The molecular weight excluding hydrogens is 280 g/mol. The van der Waals surface area contributed by atoms with Crippen molar-refractivity contribution in [2.45, 2.75) is 45.1 Å². The Labute approximate surface area is 131 Å². The molecule has 1 aromatic heterocycles. The molecule has 1 aliphatic carbocycles. The van der Waals surface area contributed by atoms with E-state index in [9.17, 15) is 9.59 Å². The molecule has 0 aromatic carbocycles. The maximum atomic E-state index is 12.4. The second-order valence-electron chi connectivity index (χ2n) is 5.82. The lowest BCUT2D eigenvalue weighted by Crippen LogP contribution is -2.47. The summed E-state index contributed by atoms with van der Waals surface area (Å²) < 4.78 is 4.85. The summed E-state index contributed by atoms with van der Waals surface area (Å²) in [7, 11) is 1.36. The molecule has 0 aliphatic heterocycles. The summed E-state index contributed by atoms with van der Waals surface area (Å²) in [6, 6.07) is 3.32. The third-order valence-corrected chi connectivity index (χ3v) is 4.51. The summed E-state index contributed by atoms with van der Waals surface area (Å²) >= 11 is 0. The minimum absolute atomic E-state index is 0.0591. The molecule has 1 aromatic rings. The topological polar surface area (TPSA) is 68.3 Å². The van der Waals surface area contributed by atoms with Crippen LogP contribution in [0, 0.1) is 11.8 Å². The van der Waals surface area contributed by atoms with Gasteiger partial charge in [-0.05, 0) is 29.9 Å². The first-order valence-corrected chi connectivity index (χ1v) is 7.90. The minimum atomic E-state index is -0.553. The number of carbonyl (C=O) groups is 2. The SMILES string of the molecule is CCC(CC)[C@H](NC(=O)[C@@H]1C[C@H]1c1cccnc1)C(=O)OC. The highest BCUT2D eigenvalue weighted by Crippen LogP contribution is 2.47. The number of hydrogen-bond acceptors (Lipinski definition) is 4. The Morgan fingerprint density at radius 2 is 2.14 bits per heavy atom. The molecule has 1 N–H and O–H groups in total. The summed E-state index contributed by atoms with van der Waals surface area (Å²) in [5, 5.41) is 2.90. The van der Waals surface area contributed by atoms with Crippen LogP contribution in [0.5, 0.6) is 0 Å². The summed E-state index contributed by atoms with van der Waals surface area (Å²) in [6.45, 7) is 4.04. The van der Waals surface area contributed by atoms with Crippen LogP contribution in [-0.4, -0.2) is 30.0 Å². The van der Waals surface area contributed by atoms with Crippen LogP contribution in [0.15, 0.2) is 24.5 Å². The first-order chi connectivity index (χ1) is 10.6.